The van der Waals surface area contributed by atoms with Crippen LogP contribution in [-0.4, -0.2) is 82.7 Å². The van der Waals surface area contributed by atoms with Gasteiger partial charge in [-0.2, -0.15) is 0 Å². The molecular weight excluding hydrogens is 662 g/mol. The minimum Gasteiger partial charge on any atom is -0.497 e. The summed E-state index contributed by atoms with van der Waals surface area (Å²) >= 11 is 0. The molecule has 0 unspecified atom stereocenters. The zero-order valence-electron chi connectivity index (χ0n) is 31.6. The number of esters is 1. The fourth-order valence-corrected chi connectivity index (χ4v) is 7.20. The maximum absolute atomic E-state index is 14.9. The van der Waals surface area contributed by atoms with E-state index in [1.165, 1.54) is 0 Å². The number of hydrogen-bond donors (Lipinski definition) is 0. The fraction of sp³-hybridized carbons (Fsp3) is 0.571. The summed E-state index contributed by atoms with van der Waals surface area (Å²) in [5.74, 6) is 1.42. The molecule has 2 aromatic carbocycles. The van der Waals surface area contributed by atoms with Gasteiger partial charge >= 0.3 is 5.97 Å². The van der Waals surface area contributed by atoms with E-state index >= 15 is 0 Å². The van der Waals surface area contributed by atoms with Crippen LogP contribution in [-0.2, 0) is 30.4 Å². The van der Waals surface area contributed by atoms with E-state index in [9.17, 15) is 9.59 Å². The van der Waals surface area contributed by atoms with Gasteiger partial charge in [0.15, 0.2) is 11.5 Å². The van der Waals surface area contributed by atoms with Crippen LogP contribution >= 0.6 is 0 Å². The van der Waals surface area contributed by atoms with Crippen molar-refractivity contribution in [2.45, 2.75) is 102 Å². The van der Waals surface area contributed by atoms with Gasteiger partial charge in [-0.05, 0) is 80.3 Å². The molecule has 10 nitrogen and oxygen atoms in total. The summed E-state index contributed by atoms with van der Waals surface area (Å²) in [5.41, 5.74) is 1.78. The van der Waals surface area contributed by atoms with Gasteiger partial charge in [-0.15, -0.1) is 13.2 Å². The number of nitrogens with zero attached hydrogens (tertiary/aromatic N) is 1. The van der Waals surface area contributed by atoms with Crippen LogP contribution in [0, 0.1) is 5.92 Å². The number of likely N-dealkylation sites (tertiary alicyclic amines) is 1. The molecule has 1 aliphatic heterocycles. The number of rotatable bonds is 21. The van der Waals surface area contributed by atoms with E-state index in [2.05, 4.69) is 13.2 Å². The van der Waals surface area contributed by atoms with Crippen LogP contribution in [0.4, 0.5) is 0 Å². The highest BCUT2D eigenvalue weighted by Gasteiger charge is 2.41. The van der Waals surface area contributed by atoms with Gasteiger partial charge in [0.25, 0.3) is 0 Å². The lowest BCUT2D eigenvalue weighted by Gasteiger charge is -2.39. The van der Waals surface area contributed by atoms with Crippen molar-refractivity contribution in [3.63, 3.8) is 0 Å². The minimum absolute atomic E-state index is 0.0208. The second-order valence-electron chi connectivity index (χ2n) is 13.7. The van der Waals surface area contributed by atoms with Crippen LogP contribution in [0.25, 0.3) is 0 Å². The third-order valence-corrected chi connectivity index (χ3v) is 10.00. The lowest BCUT2D eigenvalue weighted by molar-refractivity contribution is -0.164. The van der Waals surface area contributed by atoms with Gasteiger partial charge in [-0.25, -0.2) is 4.79 Å². The second kappa shape index (κ2) is 21.5. The summed E-state index contributed by atoms with van der Waals surface area (Å²) < 4.78 is 40.8. The Hall–Kier alpha value is -4.02. The molecule has 0 bridgehead atoms. The molecule has 286 valence electrons. The molecule has 2 aromatic rings. The highest BCUT2D eigenvalue weighted by atomic mass is 16.6. The average molecular weight is 722 g/mol. The molecule has 0 spiro atoms. The first-order valence-corrected chi connectivity index (χ1v) is 18.8. The molecule has 1 amide bonds. The third kappa shape index (κ3) is 11.5. The molecular formula is C42H59NO9. The predicted octanol–water partition coefficient (Wildman–Crippen LogP) is 7.82. The van der Waals surface area contributed by atoms with Crippen molar-refractivity contribution < 1.29 is 42.7 Å². The smallest absolute Gasteiger partial charge is 0.329 e. The van der Waals surface area contributed by atoms with Gasteiger partial charge in [0.05, 0.1) is 59.8 Å². The van der Waals surface area contributed by atoms with Gasteiger partial charge in [0.2, 0.25) is 11.7 Å². The third-order valence-electron chi connectivity index (χ3n) is 10.00. The number of methoxy groups -OCH3 is 3. The van der Waals surface area contributed by atoms with Crippen molar-refractivity contribution >= 4 is 11.9 Å². The Morgan fingerprint density at radius 1 is 0.904 bits per heavy atom. The summed E-state index contributed by atoms with van der Waals surface area (Å²) in [5, 5.41) is 0. The first-order chi connectivity index (χ1) is 25.3. The quantitative estimate of drug-likeness (QED) is 0.0943. The molecule has 1 saturated carbocycles. The van der Waals surface area contributed by atoms with Gasteiger partial charge in [-0.3, -0.25) is 4.79 Å². The van der Waals surface area contributed by atoms with E-state index in [0.717, 1.165) is 61.8 Å². The summed E-state index contributed by atoms with van der Waals surface area (Å²) in [6.45, 7) is 11.5. The van der Waals surface area contributed by atoms with Crippen LogP contribution in [0.2, 0.25) is 0 Å². The highest BCUT2D eigenvalue weighted by Crippen LogP contribution is 2.45. The van der Waals surface area contributed by atoms with Crippen LogP contribution < -0.4 is 18.9 Å². The van der Waals surface area contributed by atoms with E-state index in [1.54, 1.807) is 38.4 Å². The molecule has 1 heterocycles. The minimum atomic E-state index is -0.686. The van der Waals surface area contributed by atoms with E-state index in [0.29, 0.717) is 62.9 Å². The number of amides is 1. The number of hydrogen-bond acceptors (Lipinski definition) is 9. The van der Waals surface area contributed by atoms with Gasteiger partial charge < -0.3 is 38.1 Å². The zero-order valence-corrected chi connectivity index (χ0v) is 31.6. The summed E-state index contributed by atoms with van der Waals surface area (Å²) in [4.78, 5) is 30.6. The number of benzene rings is 2. The fourth-order valence-electron chi connectivity index (χ4n) is 7.20. The van der Waals surface area contributed by atoms with Crippen molar-refractivity contribution in [3.8, 4) is 23.0 Å². The molecule has 52 heavy (non-hydrogen) atoms. The summed E-state index contributed by atoms with van der Waals surface area (Å²) in [7, 11) is 4.80. The first kappa shape index (κ1) is 40.7. The van der Waals surface area contributed by atoms with Gasteiger partial charge in [0, 0.05) is 19.4 Å². The second-order valence-corrected chi connectivity index (χ2v) is 13.7. The molecule has 0 aromatic heterocycles. The Kier molecular flexibility index (Phi) is 16.8. The van der Waals surface area contributed by atoms with Crippen molar-refractivity contribution in [1.82, 2.24) is 4.90 Å². The molecule has 0 N–H and O–H groups in total. The van der Waals surface area contributed by atoms with Crippen LogP contribution in [0.5, 0.6) is 23.0 Å². The Morgan fingerprint density at radius 2 is 1.63 bits per heavy atom. The number of carbonyl (C=O) groups excluding carboxylic acids is 2. The van der Waals surface area contributed by atoms with Crippen molar-refractivity contribution in [2.75, 3.05) is 47.7 Å². The van der Waals surface area contributed by atoms with E-state index in [4.69, 9.17) is 33.2 Å². The van der Waals surface area contributed by atoms with Crippen molar-refractivity contribution in [2.24, 2.45) is 5.92 Å². The lowest BCUT2D eigenvalue weighted by Crippen LogP contribution is -2.52. The topological polar surface area (TPSA) is 102 Å². The highest BCUT2D eigenvalue weighted by molar-refractivity contribution is 5.89. The molecule has 1 aliphatic carbocycles. The average Bonchev–Trinajstić information content (AvgIpc) is 3.17. The molecule has 2 aliphatic rings. The van der Waals surface area contributed by atoms with Crippen LogP contribution in [0.3, 0.4) is 0 Å². The maximum atomic E-state index is 14.9. The van der Waals surface area contributed by atoms with E-state index < -0.39 is 24.0 Å². The Bertz CT molecular complexity index is 1420. The molecule has 10 heteroatoms. The molecule has 4 rings (SSSR count). The van der Waals surface area contributed by atoms with Gasteiger partial charge in [-0.1, -0.05) is 43.5 Å². The Labute approximate surface area is 310 Å². The molecule has 2 fully saturated rings. The SMILES string of the molecule is C=CCO[C@@H](C)CCOc1cc([C@@H](C(=O)N2CCCC[C@H]2C(=O)O[C@@H](CC=C)COCc2ccc(OC)cc2)C2CCCCC2)cc(OC)c1OC. The molecule has 1 saturated heterocycles. The lowest BCUT2D eigenvalue weighted by atomic mass is 9.75. The monoisotopic (exact) mass is 721 g/mol. The number of ether oxygens (including phenoxy) is 7. The normalized spacial score (nSPS) is 18.1. The Balaban J connectivity index is 1.54. The number of piperidine rings is 1. The zero-order chi connectivity index (χ0) is 37.3. The number of carbonyl (C=O) groups is 2. The van der Waals surface area contributed by atoms with Crippen molar-refractivity contribution in [1.29, 1.82) is 0 Å². The van der Waals surface area contributed by atoms with Crippen LogP contribution in [0.1, 0.15) is 88.2 Å². The predicted molar refractivity (Wildman–Crippen MR) is 201 cm³/mol. The van der Waals surface area contributed by atoms with E-state index in [-0.39, 0.29) is 24.5 Å². The summed E-state index contributed by atoms with van der Waals surface area (Å²) in [6.07, 6.45) is 11.3. The maximum Gasteiger partial charge on any atom is 0.329 e. The standard InChI is InChI=1S/C42H59NO9/c1-7-14-35(29-49-28-31-18-20-34(46-4)21-19-31)52-42(45)36-17-12-13-23-43(36)41(44)39(32-15-10-9-11-16-32)33-26-37(47-5)40(48-6)38(27-33)51-25-22-30(3)50-24-8-2/h7-8,18-21,26-27,30,32,35-36,39H,1-2,9-17,22-25,28-29H2,3-6H3/t30-,35-,36-,39-/m0/s1. The Morgan fingerprint density at radius 3 is 2.31 bits per heavy atom. The van der Waals surface area contributed by atoms with Crippen LogP contribution in [0.15, 0.2) is 61.7 Å². The summed E-state index contributed by atoms with van der Waals surface area (Å²) in [6, 6.07) is 10.8. The molecule has 4 atom stereocenters. The molecule has 0 radical (unpaired) electrons. The van der Waals surface area contributed by atoms with Crippen molar-refractivity contribution in [3.05, 3.63) is 72.8 Å². The largest absolute Gasteiger partial charge is 0.497 e. The first-order valence-electron chi connectivity index (χ1n) is 18.8. The van der Waals surface area contributed by atoms with Gasteiger partial charge in [0.1, 0.15) is 17.9 Å². The van der Waals surface area contributed by atoms with E-state index in [1.807, 2.05) is 43.3 Å².